The average molecular weight is 436 g/mol. The largest absolute Gasteiger partial charge is 0.275 e. The first-order valence-electron chi connectivity index (χ1n) is 10.5. The fourth-order valence-electron chi connectivity index (χ4n) is 3.94. The van der Waals surface area contributed by atoms with Crippen LogP contribution in [0.4, 0.5) is 0 Å². The molecule has 0 radical (unpaired) electrons. The molecule has 0 aliphatic rings. The number of pyridine rings is 1. The molecule has 0 N–H and O–H groups in total. The fraction of sp³-hybridized carbons (Fsp3) is 0.174. The van der Waals surface area contributed by atoms with Gasteiger partial charge in [-0.1, -0.05) is 17.3 Å². The predicted molar refractivity (Wildman–Crippen MR) is 123 cm³/mol. The molecule has 1 aromatic carbocycles. The highest BCUT2D eigenvalue weighted by molar-refractivity contribution is 5.82. The third-order valence-corrected chi connectivity index (χ3v) is 5.75. The van der Waals surface area contributed by atoms with Crippen molar-refractivity contribution in [3.63, 3.8) is 0 Å². The standard InChI is InChI=1S/C23H20N10/c1-14(33-23-22(29-30-33)24-11-21(28-23)18-10-26-32(3)13-18)15-4-6-19-16(8-15)5-7-20(27-19)17-9-25-31(2)12-17/h4-14H,1-3H3. The lowest BCUT2D eigenvalue weighted by Crippen LogP contribution is -2.09. The van der Waals surface area contributed by atoms with E-state index in [0.717, 1.165) is 39.0 Å². The fourth-order valence-corrected chi connectivity index (χ4v) is 3.94. The molecule has 0 aliphatic heterocycles. The van der Waals surface area contributed by atoms with Crippen LogP contribution in [0, 0.1) is 0 Å². The van der Waals surface area contributed by atoms with Crippen LogP contribution in [-0.4, -0.2) is 49.5 Å². The summed E-state index contributed by atoms with van der Waals surface area (Å²) in [5, 5.41) is 18.1. The van der Waals surface area contributed by atoms with Crippen molar-refractivity contribution < 1.29 is 0 Å². The van der Waals surface area contributed by atoms with E-state index >= 15 is 0 Å². The van der Waals surface area contributed by atoms with Gasteiger partial charge in [0.1, 0.15) is 0 Å². The zero-order valence-electron chi connectivity index (χ0n) is 18.3. The molecule has 6 rings (SSSR count). The second kappa shape index (κ2) is 7.30. The van der Waals surface area contributed by atoms with E-state index in [0.29, 0.717) is 11.3 Å². The molecule has 1 atom stereocenters. The second-order valence-electron chi connectivity index (χ2n) is 8.07. The summed E-state index contributed by atoms with van der Waals surface area (Å²) >= 11 is 0. The normalized spacial score (nSPS) is 12.6. The molecule has 0 amide bonds. The Morgan fingerprint density at radius 3 is 2.30 bits per heavy atom. The summed E-state index contributed by atoms with van der Waals surface area (Å²) in [4.78, 5) is 14.0. The van der Waals surface area contributed by atoms with E-state index in [-0.39, 0.29) is 6.04 Å². The maximum Gasteiger partial charge on any atom is 0.221 e. The third-order valence-electron chi connectivity index (χ3n) is 5.75. The van der Waals surface area contributed by atoms with E-state index in [1.165, 1.54) is 0 Å². The van der Waals surface area contributed by atoms with E-state index in [2.05, 4.69) is 50.6 Å². The minimum Gasteiger partial charge on any atom is -0.275 e. The first-order valence-corrected chi connectivity index (χ1v) is 10.5. The molecular formula is C23H20N10. The quantitative estimate of drug-likeness (QED) is 0.418. The monoisotopic (exact) mass is 436 g/mol. The summed E-state index contributed by atoms with van der Waals surface area (Å²) in [6, 6.07) is 10.2. The lowest BCUT2D eigenvalue weighted by molar-refractivity contribution is 0.556. The predicted octanol–water partition coefficient (Wildman–Crippen LogP) is 3.18. The maximum atomic E-state index is 4.80. The Kier molecular flexibility index (Phi) is 4.25. The van der Waals surface area contributed by atoms with Crippen LogP contribution in [0.2, 0.25) is 0 Å². The number of aromatic nitrogens is 10. The van der Waals surface area contributed by atoms with Gasteiger partial charge in [0.15, 0.2) is 5.65 Å². The van der Waals surface area contributed by atoms with Crippen molar-refractivity contribution in [3.8, 4) is 22.5 Å². The number of aryl methyl sites for hydroxylation is 2. The van der Waals surface area contributed by atoms with Gasteiger partial charge in [-0.05, 0) is 30.7 Å². The van der Waals surface area contributed by atoms with Crippen molar-refractivity contribution in [2.24, 2.45) is 14.1 Å². The van der Waals surface area contributed by atoms with Gasteiger partial charge in [0.05, 0.1) is 41.5 Å². The van der Waals surface area contributed by atoms with Crippen molar-refractivity contribution in [1.82, 2.24) is 49.5 Å². The molecule has 0 saturated heterocycles. The lowest BCUT2D eigenvalue weighted by Gasteiger charge is -2.13. The van der Waals surface area contributed by atoms with Crippen molar-refractivity contribution in [2.45, 2.75) is 13.0 Å². The van der Waals surface area contributed by atoms with Gasteiger partial charge in [0, 0.05) is 43.0 Å². The number of hydrogen-bond acceptors (Lipinski definition) is 7. The summed E-state index contributed by atoms with van der Waals surface area (Å²) in [5.74, 6) is 0. The van der Waals surface area contributed by atoms with Crippen molar-refractivity contribution in [2.75, 3.05) is 0 Å². The Bertz CT molecular complexity index is 1620. The van der Waals surface area contributed by atoms with Crippen LogP contribution < -0.4 is 0 Å². The maximum absolute atomic E-state index is 4.80. The molecule has 0 aliphatic carbocycles. The van der Waals surface area contributed by atoms with Gasteiger partial charge in [-0.25, -0.2) is 19.6 Å². The zero-order chi connectivity index (χ0) is 22.5. The van der Waals surface area contributed by atoms with E-state index in [4.69, 9.17) is 9.97 Å². The smallest absolute Gasteiger partial charge is 0.221 e. The van der Waals surface area contributed by atoms with Gasteiger partial charge in [-0.15, -0.1) is 5.10 Å². The van der Waals surface area contributed by atoms with Gasteiger partial charge in [-0.2, -0.15) is 10.2 Å². The van der Waals surface area contributed by atoms with Gasteiger partial charge in [-0.3, -0.25) is 9.36 Å². The summed E-state index contributed by atoms with van der Waals surface area (Å²) < 4.78 is 5.32. The number of fused-ring (bicyclic) bond motifs is 2. The molecule has 0 fully saturated rings. The van der Waals surface area contributed by atoms with Crippen LogP contribution in [0.15, 0.2) is 61.3 Å². The topological polar surface area (TPSA) is 105 Å². The first kappa shape index (κ1) is 19.2. The van der Waals surface area contributed by atoms with E-state index in [1.54, 1.807) is 26.4 Å². The highest BCUT2D eigenvalue weighted by Gasteiger charge is 2.17. The van der Waals surface area contributed by atoms with Crippen LogP contribution >= 0.6 is 0 Å². The van der Waals surface area contributed by atoms with E-state index in [9.17, 15) is 0 Å². The van der Waals surface area contributed by atoms with Crippen molar-refractivity contribution in [3.05, 3.63) is 66.9 Å². The summed E-state index contributed by atoms with van der Waals surface area (Å²) in [6.45, 7) is 2.07. The van der Waals surface area contributed by atoms with Gasteiger partial charge in [0.2, 0.25) is 5.65 Å². The molecule has 1 unspecified atom stereocenters. The van der Waals surface area contributed by atoms with Crippen LogP contribution in [0.5, 0.6) is 0 Å². The Balaban J connectivity index is 1.37. The Morgan fingerprint density at radius 1 is 0.818 bits per heavy atom. The minimum absolute atomic E-state index is 0.0872. The lowest BCUT2D eigenvalue weighted by atomic mass is 10.0. The number of benzene rings is 1. The van der Waals surface area contributed by atoms with Crippen LogP contribution in [0.1, 0.15) is 18.5 Å². The molecule has 33 heavy (non-hydrogen) atoms. The Labute approximate surface area is 188 Å². The Morgan fingerprint density at radius 2 is 1.58 bits per heavy atom. The average Bonchev–Trinajstić information content (AvgIpc) is 3.57. The molecule has 0 saturated carbocycles. The Hall–Kier alpha value is -4.47. The van der Waals surface area contributed by atoms with E-state index < -0.39 is 0 Å². The zero-order valence-corrected chi connectivity index (χ0v) is 18.3. The molecular weight excluding hydrogens is 416 g/mol. The van der Waals surface area contributed by atoms with Crippen molar-refractivity contribution in [1.29, 1.82) is 0 Å². The number of rotatable bonds is 4. The van der Waals surface area contributed by atoms with Gasteiger partial charge >= 0.3 is 0 Å². The molecule has 10 nitrogen and oxygen atoms in total. The highest BCUT2D eigenvalue weighted by atomic mass is 15.5. The second-order valence-corrected chi connectivity index (χ2v) is 8.07. The summed E-state index contributed by atoms with van der Waals surface area (Å²) in [5.41, 5.74) is 6.68. The number of hydrogen-bond donors (Lipinski definition) is 0. The first-order chi connectivity index (χ1) is 16.0. The van der Waals surface area contributed by atoms with Crippen LogP contribution in [0.25, 0.3) is 44.7 Å². The van der Waals surface area contributed by atoms with Gasteiger partial charge in [0.25, 0.3) is 0 Å². The highest BCUT2D eigenvalue weighted by Crippen LogP contribution is 2.26. The summed E-state index contributed by atoms with van der Waals surface area (Å²) in [6.07, 6.45) is 9.15. The van der Waals surface area contributed by atoms with Crippen LogP contribution in [0.3, 0.4) is 0 Å². The molecule has 10 heteroatoms. The third kappa shape index (κ3) is 3.32. The minimum atomic E-state index is -0.0872. The molecule has 162 valence electrons. The molecule has 0 spiro atoms. The molecule has 0 bridgehead atoms. The van der Waals surface area contributed by atoms with Gasteiger partial charge < -0.3 is 0 Å². The SMILES string of the molecule is CC(c1ccc2nc(-c3cnn(C)c3)ccc2c1)n1nnc2ncc(-c3cnn(C)c3)nc21. The molecule has 6 aromatic rings. The molecule has 5 heterocycles. The number of nitrogens with zero attached hydrogens (tertiary/aromatic N) is 10. The van der Waals surface area contributed by atoms with E-state index in [1.807, 2.05) is 44.8 Å². The summed E-state index contributed by atoms with van der Waals surface area (Å²) in [7, 11) is 3.77. The van der Waals surface area contributed by atoms with Crippen molar-refractivity contribution >= 4 is 22.2 Å². The molecule has 5 aromatic heterocycles. The van der Waals surface area contributed by atoms with Crippen LogP contribution in [-0.2, 0) is 14.1 Å².